The summed E-state index contributed by atoms with van der Waals surface area (Å²) in [6.07, 6.45) is 2.77. The molecule has 0 saturated carbocycles. The Hall–Kier alpha value is 0.130. The van der Waals surface area contributed by atoms with Crippen LogP contribution in [0.1, 0.15) is 13.3 Å². The maximum Gasteiger partial charge on any atom is 0.0861 e. The van der Waals surface area contributed by atoms with Gasteiger partial charge in [-0.3, -0.25) is 0 Å². The zero-order valence-corrected chi connectivity index (χ0v) is 4.83. The van der Waals surface area contributed by atoms with Crippen molar-refractivity contribution in [1.29, 1.82) is 0 Å². The summed E-state index contributed by atoms with van der Waals surface area (Å²) in [7, 11) is 2.77. The number of hydrogen-bond donors (Lipinski definition) is 0. The molecule has 0 aromatic carbocycles. The van der Waals surface area contributed by atoms with E-state index in [1.807, 2.05) is 0 Å². The summed E-state index contributed by atoms with van der Waals surface area (Å²) in [4.78, 5) is 0. The van der Waals surface area contributed by atoms with E-state index in [4.69, 9.17) is 0 Å². The zero-order valence-electron chi connectivity index (χ0n) is 4.83. The van der Waals surface area contributed by atoms with E-state index in [2.05, 4.69) is 13.7 Å². The average molecular weight is 81.8 g/mol. The minimum atomic E-state index is 1.36. The molecule has 0 radical (unpaired) electrons. The van der Waals surface area contributed by atoms with Gasteiger partial charge >= 0.3 is 0 Å². The molecule has 2 heteroatoms. The van der Waals surface area contributed by atoms with Crippen LogP contribution >= 0.6 is 0 Å². The summed E-state index contributed by atoms with van der Waals surface area (Å²) >= 11 is 0. The Labute approximate surface area is 41.8 Å². The van der Waals surface area contributed by atoms with Gasteiger partial charge in [-0.15, -0.1) is 0 Å². The SMILES string of the molecule is CBBCCC. The van der Waals surface area contributed by atoms with Crippen molar-refractivity contribution in [2.45, 2.75) is 26.5 Å². The molecule has 34 valence electrons. The van der Waals surface area contributed by atoms with Crippen molar-refractivity contribution in [3.8, 4) is 0 Å². The highest BCUT2D eigenvalue weighted by atomic mass is 13.6. The van der Waals surface area contributed by atoms with Crippen LogP contribution in [0.5, 0.6) is 0 Å². The predicted molar refractivity (Wildman–Crippen MR) is 35.3 cm³/mol. The molecule has 6 heavy (non-hydrogen) atoms. The average Bonchev–Trinajstić information content (AvgIpc) is 1.61. The highest BCUT2D eigenvalue weighted by Crippen LogP contribution is 1.81. The van der Waals surface area contributed by atoms with E-state index in [9.17, 15) is 0 Å². The summed E-state index contributed by atoms with van der Waals surface area (Å²) in [6.45, 7) is 4.46. The fourth-order valence-corrected chi connectivity index (χ4v) is 0.500. The first-order valence-corrected chi connectivity index (χ1v) is 2.91. The second-order valence-corrected chi connectivity index (χ2v) is 1.71. The van der Waals surface area contributed by atoms with Crippen LogP contribution in [0.15, 0.2) is 0 Å². The van der Waals surface area contributed by atoms with Crippen molar-refractivity contribution >= 4 is 14.3 Å². The standard InChI is InChI=1S/C4H12B2/c1-3-4-6-5-2/h5-6H,3-4H2,1-2H3. The van der Waals surface area contributed by atoms with Gasteiger partial charge in [0.25, 0.3) is 0 Å². The highest BCUT2D eigenvalue weighted by molar-refractivity contribution is 6.99. The first-order chi connectivity index (χ1) is 2.91. The Morgan fingerprint density at radius 1 is 1.50 bits per heavy atom. The number of rotatable bonds is 3. The Bertz CT molecular complexity index is 17.5. The van der Waals surface area contributed by atoms with E-state index in [1.165, 1.54) is 27.1 Å². The molecule has 0 nitrogen and oxygen atoms in total. The van der Waals surface area contributed by atoms with Crippen molar-refractivity contribution in [3.63, 3.8) is 0 Å². The summed E-state index contributed by atoms with van der Waals surface area (Å²) in [6, 6.07) is 0. The molecule has 0 atom stereocenters. The van der Waals surface area contributed by atoms with E-state index in [0.29, 0.717) is 0 Å². The van der Waals surface area contributed by atoms with Gasteiger partial charge in [-0.1, -0.05) is 26.5 Å². The van der Waals surface area contributed by atoms with Crippen LogP contribution in [0.2, 0.25) is 13.1 Å². The van der Waals surface area contributed by atoms with Gasteiger partial charge < -0.3 is 0 Å². The van der Waals surface area contributed by atoms with Crippen LogP contribution in [-0.4, -0.2) is 14.3 Å². The summed E-state index contributed by atoms with van der Waals surface area (Å²) < 4.78 is 0. The van der Waals surface area contributed by atoms with Crippen molar-refractivity contribution < 1.29 is 0 Å². The van der Waals surface area contributed by atoms with Crippen molar-refractivity contribution in [2.75, 3.05) is 0 Å². The van der Waals surface area contributed by atoms with Gasteiger partial charge in [0.1, 0.15) is 0 Å². The molecule has 0 N–H and O–H groups in total. The first kappa shape index (κ1) is 6.13. The molecule has 0 aliphatic rings. The second-order valence-electron chi connectivity index (χ2n) is 1.71. The lowest BCUT2D eigenvalue weighted by Crippen LogP contribution is -1.94. The van der Waals surface area contributed by atoms with Gasteiger partial charge in [-0.2, -0.15) is 0 Å². The normalized spacial score (nSPS) is 7.67. The van der Waals surface area contributed by atoms with Gasteiger partial charge in [-0.05, 0) is 0 Å². The van der Waals surface area contributed by atoms with Crippen LogP contribution in [-0.2, 0) is 0 Å². The van der Waals surface area contributed by atoms with Crippen LogP contribution < -0.4 is 0 Å². The third kappa shape index (κ3) is 4.13. The van der Waals surface area contributed by atoms with Crippen LogP contribution in [0.3, 0.4) is 0 Å². The molecule has 0 aliphatic heterocycles. The first-order valence-electron chi connectivity index (χ1n) is 2.91. The third-order valence-corrected chi connectivity index (χ3v) is 0.957. The molecular formula is C4H12B2. The van der Waals surface area contributed by atoms with Crippen molar-refractivity contribution in [3.05, 3.63) is 0 Å². The largest absolute Gasteiger partial charge is 0.0958 e. The Morgan fingerprint density at radius 3 is 2.33 bits per heavy atom. The van der Waals surface area contributed by atoms with E-state index in [1.54, 1.807) is 0 Å². The van der Waals surface area contributed by atoms with Gasteiger partial charge in [0.2, 0.25) is 0 Å². The maximum absolute atomic E-state index is 2.23. The molecule has 0 bridgehead atoms. The topological polar surface area (TPSA) is 0 Å². The second kappa shape index (κ2) is 5.13. The lowest BCUT2D eigenvalue weighted by atomic mass is 9.39. The molecule has 0 heterocycles. The third-order valence-electron chi connectivity index (χ3n) is 0.957. The van der Waals surface area contributed by atoms with Crippen LogP contribution in [0.4, 0.5) is 0 Å². The Balaban J connectivity index is 2.34. The van der Waals surface area contributed by atoms with E-state index in [0.717, 1.165) is 0 Å². The van der Waals surface area contributed by atoms with Gasteiger partial charge in [0.15, 0.2) is 0 Å². The Kier molecular flexibility index (Phi) is 5.24. The van der Waals surface area contributed by atoms with Gasteiger partial charge in [0.05, 0.1) is 14.3 Å². The minimum absolute atomic E-state index is 1.36. The summed E-state index contributed by atoms with van der Waals surface area (Å²) in [5.74, 6) is 0. The molecule has 0 spiro atoms. The van der Waals surface area contributed by atoms with E-state index in [-0.39, 0.29) is 0 Å². The monoisotopic (exact) mass is 82.1 g/mol. The van der Waals surface area contributed by atoms with Crippen LogP contribution in [0, 0.1) is 0 Å². The zero-order chi connectivity index (χ0) is 4.83. The molecule has 0 rings (SSSR count). The molecule has 0 unspecified atom stereocenters. The molecule has 0 aliphatic carbocycles. The van der Waals surface area contributed by atoms with Gasteiger partial charge in [0, 0.05) is 0 Å². The highest BCUT2D eigenvalue weighted by Gasteiger charge is 1.81. The smallest absolute Gasteiger partial charge is 0.0861 e. The fourth-order valence-electron chi connectivity index (χ4n) is 0.500. The Morgan fingerprint density at radius 2 is 2.17 bits per heavy atom. The molecular weight excluding hydrogens is 69.7 g/mol. The molecule has 0 fully saturated rings. The summed E-state index contributed by atoms with van der Waals surface area (Å²) in [5, 5.41) is 0. The maximum atomic E-state index is 2.23. The van der Waals surface area contributed by atoms with Crippen LogP contribution in [0.25, 0.3) is 0 Å². The van der Waals surface area contributed by atoms with Gasteiger partial charge in [-0.25, -0.2) is 0 Å². The summed E-state index contributed by atoms with van der Waals surface area (Å²) in [5.41, 5.74) is 0. The van der Waals surface area contributed by atoms with Crippen molar-refractivity contribution in [1.82, 2.24) is 0 Å². The predicted octanol–water partition coefficient (Wildman–Crippen LogP) is 0.651. The molecule has 0 saturated heterocycles. The van der Waals surface area contributed by atoms with E-state index < -0.39 is 0 Å². The number of hydrogen-bond acceptors (Lipinski definition) is 0. The molecule has 0 aromatic heterocycles. The van der Waals surface area contributed by atoms with Crippen molar-refractivity contribution in [2.24, 2.45) is 0 Å². The fraction of sp³-hybridized carbons (Fsp3) is 1.00. The van der Waals surface area contributed by atoms with E-state index >= 15 is 0 Å². The quantitative estimate of drug-likeness (QED) is 0.346. The molecule has 0 amide bonds. The lowest BCUT2D eigenvalue weighted by Gasteiger charge is -1.81. The lowest BCUT2D eigenvalue weighted by molar-refractivity contribution is 1.08. The molecule has 0 aromatic rings. The minimum Gasteiger partial charge on any atom is -0.0958 e.